The van der Waals surface area contributed by atoms with Gasteiger partial charge in [-0.05, 0) is 44.6 Å². The first-order chi connectivity index (χ1) is 8.28. The van der Waals surface area contributed by atoms with Gasteiger partial charge in [-0.15, -0.1) is 0 Å². The van der Waals surface area contributed by atoms with E-state index in [0.717, 1.165) is 38.3 Å². The molecule has 0 aromatic carbocycles. The third-order valence-corrected chi connectivity index (χ3v) is 4.23. The van der Waals surface area contributed by atoms with E-state index >= 15 is 0 Å². The average molecular weight is 241 g/mol. The van der Waals surface area contributed by atoms with E-state index in [2.05, 4.69) is 12.2 Å². The van der Waals surface area contributed by atoms with Gasteiger partial charge in [0.15, 0.2) is 0 Å². The number of rotatable bonds is 7. The summed E-state index contributed by atoms with van der Waals surface area (Å²) >= 11 is 0. The van der Waals surface area contributed by atoms with E-state index in [1.165, 1.54) is 25.7 Å². The maximum absolute atomic E-state index is 9.60. The van der Waals surface area contributed by atoms with Crippen LogP contribution in [0.4, 0.5) is 0 Å². The molecule has 0 amide bonds. The zero-order valence-corrected chi connectivity index (χ0v) is 11.1. The summed E-state index contributed by atoms with van der Waals surface area (Å²) < 4.78 is 5.99. The van der Waals surface area contributed by atoms with E-state index in [1.54, 1.807) is 0 Å². The Hall–Kier alpha value is -0.120. The highest BCUT2D eigenvalue weighted by atomic mass is 16.5. The van der Waals surface area contributed by atoms with E-state index in [1.807, 2.05) is 0 Å². The van der Waals surface area contributed by atoms with Crippen LogP contribution in [-0.2, 0) is 4.74 Å². The van der Waals surface area contributed by atoms with Crippen molar-refractivity contribution in [2.24, 2.45) is 5.92 Å². The molecule has 2 N–H and O–H groups in total. The Labute approximate surface area is 105 Å². The summed E-state index contributed by atoms with van der Waals surface area (Å²) in [6, 6.07) is 0. The summed E-state index contributed by atoms with van der Waals surface area (Å²) in [6.07, 6.45) is 8.80. The van der Waals surface area contributed by atoms with Crippen molar-refractivity contribution >= 4 is 0 Å². The van der Waals surface area contributed by atoms with Crippen molar-refractivity contribution in [3.63, 3.8) is 0 Å². The van der Waals surface area contributed by atoms with Crippen LogP contribution in [0.2, 0.25) is 0 Å². The zero-order chi connectivity index (χ0) is 12.1. The Kier molecular flexibility index (Phi) is 4.83. The molecule has 2 aliphatic rings. The van der Waals surface area contributed by atoms with Crippen molar-refractivity contribution in [3.8, 4) is 0 Å². The number of likely N-dealkylation sites (N-methyl/N-ethyl adjacent to an activating group) is 1. The van der Waals surface area contributed by atoms with Crippen LogP contribution < -0.4 is 5.32 Å². The van der Waals surface area contributed by atoms with Crippen molar-refractivity contribution < 1.29 is 9.84 Å². The topological polar surface area (TPSA) is 41.5 Å². The normalized spacial score (nSPS) is 33.9. The molecule has 2 rings (SSSR count). The standard InChI is InChI=1S/C14H27NO2/c1-2-15-14(11-16)8-3-4-13(10-14)17-9-7-12-5-6-12/h12-13,15-16H,2-11H2,1H3. The zero-order valence-electron chi connectivity index (χ0n) is 11.1. The Bertz CT molecular complexity index is 226. The Morgan fingerprint density at radius 3 is 2.82 bits per heavy atom. The first-order valence-electron chi connectivity index (χ1n) is 7.25. The van der Waals surface area contributed by atoms with Crippen molar-refractivity contribution in [2.75, 3.05) is 19.8 Å². The second-order valence-corrected chi connectivity index (χ2v) is 5.79. The SMILES string of the molecule is CCNC1(CO)CCCC(OCCC2CC2)C1. The highest BCUT2D eigenvalue weighted by Gasteiger charge is 2.35. The first kappa shape index (κ1) is 13.3. The molecule has 0 aromatic rings. The summed E-state index contributed by atoms with van der Waals surface area (Å²) in [7, 11) is 0. The highest BCUT2D eigenvalue weighted by molar-refractivity contribution is 4.93. The summed E-state index contributed by atoms with van der Waals surface area (Å²) in [5.74, 6) is 0.954. The monoisotopic (exact) mass is 241 g/mol. The largest absolute Gasteiger partial charge is 0.394 e. The van der Waals surface area contributed by atoms with Gasteiger partial charge in [-0.3, -0.25) is 0 Å². The van der Waals surface area contributed by atoms with Crippen LogP contribution in [-0.4, -0.2) is 36.5 Å². The first-order valence-corrected chi connectivity index (χ1v) is 7.25. The van der Waals surface area contributed by atoms with Gasteiger partial charge in [0.05, 0.1) is 12.7 Å². The van der Waals surface area contributed by atoms with Crippen LogP contribution in [0, 0.1) is 5.92 Å². The quantitative estimate of drug-likeness (QED) is 0.717. The van der Waals surface area contributed by atoms with Crippen molar-refractivity contribution in [1.29, 1.82) is 0 Å². The van der Waals surface area contributed by atoms with Gasteiger partial charge in [0.25, 0.3) is 0 Å². The van der Waals surface area contributed by atoms with Gasteiger partial charge in [-0.25, -0.2) is 0 Å². The molecule has 0 saturated heterocycles. The predicted octanol–water partition coefficient (Wildman–Crippen LogP) is 2.09. The van der Waals surface area contributed by atoms with Crippen LogP contribution >= 0.6 is 0 Å². The van der Waals surface area contributed by atoms with Gasteiger partial charge in [0.2, 0.25) is 0 Å². The molecule has 0 heterocycles. The maximum Gasteiger partial charge on any atom is 0.0614 e. The molecule has 2 unspecified atom stereocenters. The molecule has 2 aliphatic carbocycles. The van der Waals surface area contributed by atoms with Gasteiger partial charge in [0, 0.05) is 12.1 Å². The fraction of sp³-hybridized carbons (Fsp3) is 1.00. The van der Waals surface area contributed by atoms with E-state index in [-0.39, 0.29) is 12.1 Å². The fourth-order valence-electron chi connectivity index (χ4n) is 2.99. The summed E-state index contributed by atoms with van der Waals surface area (Å²) in [4.78, 5) is 0. The molecular weight excluding hydrogens is 214 g/mol. The molecule has 0 radical (unpaired) electrons. The van der Waals surface area contributed by atoms with Crippen molar-refractivity contribution in [3.05, 3.63) is 0 Å². The van der Waals surface area contributed by atoms with Gasteiger partial charge in [-0.1, -0.05) is 19.8 Å². The second-order valence-electron chi connectivity index (χ2n) is 5.79. The van der Waals surface area contributed by atoms with Gasteiger partial charge in [0.1, 0.15) is 0 Å². The van der Waals surface area contributed by atoms with E-state index in [9.17, 15) is 5.11 Å². The van der Waals surface area contributed by atoms with Crippen LogP contribution in [0.5, 0.6) is 0 Å². The van der Waals surface area contributed by atoms with Crippen LogP contribution in [0.15, 0.2) is 0 Å². The van der Waals surface area contributed by atoms with Gasteiger partial charge in [-0.2, -0.15) is 0 Å². The Balaban J connectivity index is 1.73. The molecule has 100 valence electrons. The summed E-state index contributed by atoms with van der Waals surface area (Å²) in [5, 5.41) is 13.1. The highest BCUT2D eigenvalue weighted by Crippen LogP contribution is 2.34. The number of aliphatic hydroxyl groups excluding tert-OH is 1. The third kappa shape index (κ3) is 3.94. The van der Waals surface area contributed by atoms with Gasteiger partial charge < -0.3 is 15.2 Å². The minimum Gasteiger partial charge on any atom is -0.394 e. The van der Waals surface area contributed by atoms with Crippen molar-refractivity contribution in [2.45, 2.75) is 63.5 Å². The molecule has 2 fully saturated rings. The lowest BCUT2D eigenvalue weighted by Crippen LogP contribution is -2.53. The molecule has 17 heavy (non-hydrogen) atoms. The third-order valence-electron chi connectivity index (χ3n) is 4.23. The molecule has 0 aliphatic heterocycles. The summed E-state index contributed by atoms with van der Waals surface area (Å²) in [6.45, 7) is 4.19. The number of aliphatic hydroxyl groups is 1. The number of hydrogen-bond donors (Lipinski definition) is 2. The van der Waals surface area contributed by atoms with Gasteiger partial charge >= 0.3 is 0 Å². The molecule has 0 bridgehead atoms. The van der Waals surface area contributed by atoms with Crippen molar-refractivity contribution in [1.82, 2.24) is 5.32 Å². The molecule has 3 heteroatoms. The maximum atomic E-state index is 9.60. The molecule has 2 saturated carbocycles. The lowest BCUT2D eigenvalue weighted by Gasteiger charge is -2.40. The molecule has 0 aromatic heterocycles. The molecular formula is C14H27NO2. The number of nitrogens with one attached hydrogen (secondary N) is 1. The molecule has 0 spiro atoms. The minimum absolute atomic E-state index is 0.0722. The Morgan fingerprint density at radius 1 is 1.35 bits per heavy atom. The van der Waals surface area contributed by atoms with Crippen LogP contribution in [0.1, 0.15) is 51.9 Å². The predicted molar refractivity (Wildman–Crippen MR) is 69.0 cm³/mol. The summed E-state index contributed by atoms with van der Waals surface area (Å²) in [5.41, 5.74) is -0.0722. The average Bonchev–Trinajstić information content (AvgIpc) is 3.14. The fourth-order valence-corrected chi connectivity index (χ4v) is 2.99. The number of hydrogen-bond acceptors (Lipinski definition) is 3. The lowest BCUT2D eigenvalue weighted by molar-refractivity contribution is -0.0172. The van der Waals surface area contributed by atoms with Crippen LogP contribution in [0.25, 0.3) is 0 Å². The Morgan fingerprint density at radius 2 is 2.18 bits per heavy atom. The second kappa shape index (κ2) is 6.17. The molecule has 3 nitrogen and oxygen atoms in total. The van der Waals surface area contributed by atoms with E-state index < -0.39 is 0 Å². The van der Waals surface area contributed by atoms with Crippen LogP contribution in [0.3, 0.4) is 0 Å². The lowest BCUT2D eigenvalue weighted by atomic mass is 9.80. The van der Waals surface area contributed by atoms with E-state index in [4.69, 9.17) is 4.74 Å². The smallest absolute Gasteiger partial charge is 0.0614 e. The molecule has 2 atom stereocenters. The van der Waals surface area contributed by atoms with E-state index in [0.29, 0.717) is 6.10 Å². The minimum atomic E-state index is -0.0722. The number of ether oxygens (including phenoxy) is 1.